The van der Waals surface area contributed by atoms with Crippen molar-refractivity contribution >= 4 is 5.91 Å². The van der Waals surface area contributed by atoms with Gasteiger partial charge >= 0.3 is 0 Å². The minimum Gasteiger partial charge on any atom is -0.393 e. The first-order chi connectivity index (χ1) is 9.07. The Morgan fingerprint density at radius 3 is 2.21 bits per heavy atom. The van der Waals surface area contributed by atoms with E-state index >= 15 is 0 Å². The van der Waals surface area contributed by atoms with Gasteiger partial charge < -0.3 is 10.4 Å². The van der Waals surface area contributed by atoms with Crippen molar-refractivity contribution in [2.24, 2.45) is 5.41 Å². The van der Waals surface area contributed by atoms with Crippen LogP contribution in [0.15, 0.2) is 0 Å². The van der Waals surface area contributed by atoms with Crippen molar-refractivity contribution in [1.82, 2.24) is 5.32 Å². The Morgan fingerprint density at radius 2 is 1.79 bits per heavy atom. The van der Waals surface area contributed by atoms with Crippen LogP contribution in [0.5, 0.6) is 0 Å². The molecule has 1 aliphatic rings. The summed E-state index contributed by atoms with van der Waals surface area (Å²) in [5, 5.41) is 21.9. The molecule has 0 unspecified atom stereocenters. The number of carbonyl (C=O) groups excluding carboxylic acids is 1. The van der Waals surface area contributed by atoms with Crippen LogP contribution >= 0.6 is 0 Å². The van der Waals surface area contributed by atoms with Gasteiger partial charge in [0.05, 0.1) is 12.2 Å². The van der Waals surface area contributed by atoms with Crippen molar-refractivity contribution in [2.75, 3.05) is 0 Å². The van der Waals surface area contributed by atoms with Crippen molar-refractivity contribution in [3.05, 3.63) is 0 Å². The van der Waals surface area contributed by atoms with Gasteiger partial charge in [0, 0.05) is 6.04 Å². The second kappa shape index (κ2) is 7.49. The van der Waals surface area contributed by atoms with E-state index in [0.29, 0.717) is 12.8 Å². The predicted octanol–water partition coefficient (Wildman–Crippen LogP) is 2.52. The number of nitrogens with zero attached hydrogens (tertiary/aromatic N) is 1. The van der Waals surface area contributed by atoms with E-state index in [1.807, 2.05) is 13.8 Å². The van der Waals surface area contributed by atoms with Crippen LogP contribution in [0, 0.1) is 16.7 Å². The lowest BCUT2D eigenvalue weighted by Gasteiger charge is -2.31. The van der Waals surface area contributed by atoms with Crippen LogP contribution in [0.4, 0.5) is 0 Å². The quantitative estimate of drug-likeness (QED) is 0.776. The summed E-state index contributed by atoms with van der Waals surface area (Å²) in [7, 11) is 0. The van der Waals surface area contributed by atoms with Gasteiger partial charge in [0.25, 0.3) is 0 Å². The Labute approximate surface area is 116 Å². The van der Waals surface area contributed by atoms with E-state index in [-0.39, 0.29) is 18.1 Å². The molecule has 1 aliphatic carbocycles. The van der Waals surface area contributed by atoms with E-state index in [1.165, 1.54) is 0 Å². The van der Waals surface area contributed by atoms with Crippen LogP contribution in [0.25, 0.3) is 0 Å². The van der Waals surface area contributed by atoms with Gasteiger partial charge in [0.1, 0.15) is 5.41 Å². The van der Waals surface area contributed by atoms with Crippen LogP contribution in [0.2, 0.25) is 0 Å². The molecule has 108 valence electrons. The summed E-state index contributed by atoms with van der Waals surface area (Å²) in [6, 6.07) is 2.38. The molecule has 0 spiro atoms. The fourth-order valence-electron chi connectivity index (χ4n) is 2.91. The molecule has 1 fully saturated rings. The number of amides is 1. The first-order valence-corrected chi connectivity index (χ1v) is 7.48. The summed E-state index contributed by atoms with van der Waals surface area (Å²) in [5.41, 5.74) is -0.862. The van der Waals surface area contributed by atoms with Gasteiger partial charge in [-0.3, -0.25) is 4.79 Å². The minimum atomic E-state index is -0.862. The number of nitrogens with one attached hydrogen (secondary N) is 1. The molecule has 0 aromatic rings. The number of aliphatic hydroxyl groups is 1. The highest BCUT2D eigenvalue weighted by Gasteiger charge is 2.38. The molecule has 4 nitrogen and oxygen atoms in total. The third-order valence-corrected chi connectivity index (χ3v) is 4.03. The lowest BCUT2D eigenvalue weighted by Crippen LogP contribution is -2.46. The maximum absolute atomic E-state index is 12.4. The molecule has 0 bridgehead atoms. The first-order valence-electron chi connectivity index (χ1n) is 7.48. The highest BCUT2D eigenvalue weighted by Crippen LogP contribution is 2.30. The number of carbonyl (C=O) groups is 1. The Hall–Kier alpha value is -1.08. The van der Waals surface area contributed by atoms with Gasteiger partial charge in [0.2, 0.25) is 5.91 Å². The fraction of sp³-hybridized carbons (Fsp3) is 0.867. The monoisotopic (exact) mass is 266 g/mol. The first kappa shape index (κ1) is 16.0. The predicted molar refractivity (Wildman–Crippen MR) is 74.3 cm³/mol. The van der Waals surface area contributed by atoms with Gasteiger partial charge in [-0.1, -0.05) is 26.7 Å². The molecule has 19 heavy (non-hydrogen) atoms. The molecule has 1 saturated carbocycles. The molecule has 4 heteroatoms. The summed E-state index contributed by atoms with van der Waals surface area (Å²) in [4.78, 5) is 12.4. The van der Waals surface area contributed by atoms with E-state index < -0.39 is 5.41 Å². The highest BCUT2D eigenvalue weighted by atomic mass is 16.3. The summed E-state index contributed by atoms with van der Waals surface area (Å²) >= 11 is 0. The molecule has 1 rings (SSSR count). The van der Waals surface area contributed by atoms with Crippen LogP contribution in [0.1, 0.15) is 65.2 Å². The summed E-state index contributed by atoms with van der Waals surface area (Å²) in [5.74, 6) is -0.111. The SMILES string of the molecule is CCCC(C#N)(CCC)C(=O)NC1CCC(O)CC1. The second-order valence-corrected chi connectivity index (χ2v) is 5.67. The summed E-state index contributed by atoms with van der Waals surface area (Å²) in [6.07, 6.45) is 5.81. The summed E-state index contributed by atoms with van der Waals surface area (Å²) < 4.78 is 0. The normalized spacial score (nSPS) is 23.7. The van der Waals surface area contributed by atoms with E-state index in [0.717, 1.165) is 38.5 Å². The van der Waals surface area contributed by atoms with Gasteiger partial charge in [-0.15, -0.1) is 0 Å². The van der Waals surface area contributed by atoms with Gasteiger partial charge in [-0.2, -0.15) is 5.26 Å². The Balaban J connectivity index is 2.64. The van der Waals surface area contributed by atoms with Crippen LogP contribution < -0.4 is 5.32 Å². The standard InChI is InChI=1S/C15H26N2O2/c1-3-9-15(11-16,10-4-2)14(19)17-12-5-7-13(18)8-6-12/h12-13,18H,3-10H2,1-2H3,(H,17,19). The van der Waals surface area contributed by atoms with E-state index in [4.69, 9.17) is 0 Å². The smallest absolute Gasteiger partial charge is 0.240 e. The zero-order valence-electron chi connectivity index (χ0n) is 12.1. The lowest BCUT2D eigenvalue weighted by atomic mass is 9.79. The maximum atomic E-state index is 12.4. The molecule has 0 saturated heterocycles. The Morgan fingerprint density at radius 1 is 1.26 bits per heavy atom. The minimum absolute atomic E-state index is 0.111. The molecule has 1 amide bonds. The number of aliphatic hydroxyl groups excluding tert-OH is 1. The van der Waals surface area contributed by atoms with Gasteiger partial charge in [0.15, 0.2) is 0 Å². The third-order valence-electron chi connectivity index (χ3n) is 4.03. The molecule has 0 aromatic carbocycles. The molecule has 0 heterocycles. The number of nitriles is 1. The van der Waals surface area contributed by atoms with Crippen molar-refractivity contribution in [2.45, 2.75) is 77.4 Å². The topological polar surface area (TPSA) is 73.1 Å². The summed E-state index contributed by atoms with van der Waals surface area (Å²) in [6.45, 7) is 4.01. The molecule has 0 radical (unpaired) electrons. The van der Waals surface area contributed by atoms with Crippen molar-refractivity contribution in [3.63, 3.8) is 0 Å². The average molecular weight is 266 g/mol. The van der Waals surface area contributed by atoms with Crippen LogP contribution in [-0.2, 0) is 4.79 Å². The fourth-order valence-corrected chi connectivity index (χ4v) is 2.91. The van der Waals surface area contributed by atoms with Crippen LogP contribution in [-0.4, -0.2) is 23.2 Å². The number of hydrogen-bond acceptors (Lipinski definition) is 3. The average Bonchev–Trinajstić information content (AvgIpc) is 2.41. The van der Waals surface area contributed by atoms with Crippen LogP contribution in [0.3, 0.4) is 0 Å². The van der Waals surface area contributed by atoms with E-state index in [9.17, 15) is 15.2 Å². The molecular formula is C15H26N2O2. The van der Waals surface area contributed by atoms with Gasteiger partial charge in [-0.05, 0) is 38.5 Å². The number of hydrogen-bond donors (Lipinski definition) is 2. The van der Waals surface area contributed by atoms with E-state index in [2.05, 4.69) is 11.4 Å². The molecule has 0 aromatic heterocycles. The number of rotatable bonds is 6. The van der Waals surface area contributed by atoms with Crippen molar-refractivity contribution in [3.8, 4) is 6.07 Å². The molecule has 0 atom stereocenters. The Kier molecular flexibility index (Phi) is 6.30. The Bertz CT molecular complexity index is 322. The molecule has 2 N–H and O–H groups in total. The van der Waals surface area contributed by atoms with E-state index in [1.54, 1.807) is 0 Å². The zero-order chi connectivity index (χ0) is 14.3. The highest BCUT2D eigenvalue weighted by molar-refractivity contribution is 5.85. The lowest BCUT2D eigenvalue weighted by molar-refractivity contribution is -0.130. The molecular weight excluding hydrogens is 240 g/mol. The second-order valence-electron chi connectivity index (χ2n) is 5.67. The zero-order valence-corrected chi connectivity index (χ0v) is 12.1. The largest absolute Gasteiger partial charge is 0.393 e. The molecule has 0 aliphatic heterocycles. The van der Waals surface area contributed by atoms with Crippen molar-refractivity contribution < 1.29 is 9.90 Å². The third kappa shape index (κ3) is 4.21. The van der Waals surface area contributed by atoms with Gasteiger partial charge in [-0.25, -0.2) is 0 Å². The van der Waals surface area contributed by atoms with Crippen molar-refractivity contribution in [1.29, 1.82) is 5.26 Å². The maximum Gasteiger partial charge on any atom is 0.240 e.